The maximum Gasteiger partial charge on any atom is 0.315 e. The van der Waals surface area contributed by atoms with Crippen LogP contribution in [0.15, 0.2) is 58.7 Å². The van der Waals surface area contributed by atoms with Crippen LogP contribution in [0, 0.1) is 5.92 Å². The SMILES string of the molecule is COCCOC(=O)C1C(C)=NC2=C(C(=O)C[C@H](c3ccccc3OC)C2)[C@H]1c1ccc(OC)c(OC)c1. The van der Waals surface area contributed by atoms with Gasteiger partial charge in [0.15, 0.2) is 17.3 Å². The van der Waals surface area contributed by atoms with E-state index in [2.05, 4.69) is 0 Å². The molecule has 1 aliphatic carbocycles. The van der Waals surface area contributed by atoms with Crippen LogP contribution in [-0.4, -0.2) is 59.1 Å². The topological polar surface area (TPSA) is 92.7 Å². The quantitative estimate of drug-likeness (QED) is 0.365. The minimum absolute atomic E-state index is 0.0390. The Balaban J connectivity index is 1.80. The molecule has 8 heteroatoms. The second-order valence-electron chi connectivity index (χ2n) is 9.11. The number of hydrogen-bond acceptors (Lipinski definition) is 8. The Bertz CT molecular complexity index is 1230. The Hall–Kier alpha value is -3.65. The molecule has 0 amide bonds. The number of benzene rings is 2. The van der Waals surface area contributed by atoms with Gasteiger partial charge in [-0.2, -0.15) is 0 Å². The molecule has 0 saturated heterocycles. The Morgan fingerprint density at radius 2 is 1.65 bits per heavy atom. The number of nitrogens with zero attached hydrogens (tertiary/aromatic N) is 1. The highest BCUT2D eigenvalue weighted by molar-refractivity contribution is 6.09. The minimum Gasteiger partial charge on any atom is -0.496 e. The van der Waals surface area contributed by atoms with Crippen LogP contribution in [0.25, 0.3) is 0 Å². The summed E-state index contributed by atoms with van der Waals surface area (Å²) in [7, 11) is 6.29. The molecule has 1 heterocycles. The summed E-state index contributed by atoms with van der Waals surface area (Å²) in [5.74, 6) is -0.0377. The van der Waals surface area contributed by atoms with Crippen molar-refractivity contribution in [1.29, 1.82) is 0 Å². The third-order valence-electron chi connectivity index (χ3n) is 7.02. The van der Waals surface area contributed by atoms with Crippen LogP contribution in [0.4, 0.5) is 0 Å². The Kier molecular flexibility index (Phi) is 8.28. The molecule has 0 spiro atoms. The number of ether oxygens (including phenoxy) is 5. The van der Waals surface area contributed by atoms with Crippen LogP contribution < -0.4 is 14.2 Å². The molecule has 0 fully saturated rings. The third-order valence-corrected chi connectivity index (χ3v) is 7.02. The normalized spacial score (nSPS) is 21.2. The van der Waals surface area contributed by atoms with Gasteiger partial charge in [0, 0.05) is 42.3 Å². The zero-order valence-electron chi connectivity index (χ0n) is 21.9. The predicted molar refractivity (Wildman–Crippen MR) is 139 cm³/mol. The lowest BCUT2D eigenvalue weighted by Crippen LogP contribution is -2.38. The number of carbonyl (C=O) groups is 2. The van der Waals surface area contributed by atoms with Gasteiger partial charge in [-0.25, -0.2) is 0 Å². The van der Waals surface area contributed by atoms with Crippen molar-refractivity contribution in [2.24, 2.45) is 10.9 Å². The van der Waals surface area contributed by atoms with Crippen LogP contribution in [-0.2, 0) is 19.1 Å². The molecule has 2 aliphatic rings. The number of hydrogen-bond donors (Lipinski definition) is 0. The molecule has 0 saturated carbocycles. The molecular weight excluding hydrogens is 474 g/mol. The van der Waals surface area contributed by atoms with Gasteiger partial charge in [-0.15, -0.1) is 0 Å². The van der Waals surface area contributed by atoms with Crippen LogP contribution in [0.3, 0.4) is 0 Å². The largest absolute Gasteiger partial charge is 0.496 e. The summed E-state index contributed by atoms with van der Waals surface area (Å²) in [4.78, 5) is 32.0. The molecule has 0 radical (unpaired) electrons. The molecule has 3 atom stereocenters. The number of rotatable bonds is 9. The second kappa shape index (κ2) is 11.6. The molecule has 0 aromatic heterocycles. The molecule has 1 aliphatic heterocycles. The number of aliphatic imine (C=N–C) groups is 1. The van der Waals surface area contributed by atoms with Crippen LogP contribution >= 0.6 is 0 Å². The van der Waals surface area contributed by atoms with Gasteiger partial charge >= 0.3 is 5.97 Å². The van der Waals surface area contributed by atoms with Crippen molar-refractivity contribution in [2.75, 3.05) is 41.7 Å². The summed E-state index contributed by atoms with van der Waals surface area (Å²) in [6.45, 7) is 2.22. The number of para-hydroxylation sites is 1. The fraction of sp³-hybridized carbons (Fsp3) is 0.414. The predicted octanol–water partition coefficient (Wildman–Crippen LogP) is 4.48. The van der Waals surface area contributed by atoms with E-state index in [4.69, 9.17) is 28.7 Å². The molecule has 1 unspecified atom stereocenters. The van der Waals surface area contributed by atoms with Gasteiger partial charge in [-0.1, -0.05) is 24.3 Å². The van der Waals surface area contributed by atoms with Crippen molar-refractivity contribution >= 4 is 17.5 Å². The van der Waals surface area contributed by atoms with E-state index in [-0.39, 0.29) is 24.9 Å². The number of esters is 1. The highest BCUT2D eigenvalue weighted by atomic mass is 16.6. The monoisotopic (exact) mass is 507 g/mol. The van der Waals surface area contributed by atoms with Gasteiger partial charge in [-0.05, 0) is 42.7 Å². The zero-order valence-corrected chi connectivity index (χ0v) is 21.9. The summed E-state index contributed by atoms with van der Waals surface area (Å²) >= 11 is 0. The molecule has 4 rings (SSSR count). The van der Waals surface area contributed by atoms with Gasteiger partial charge in [0.2, 0.25) is 0 Å². The number of methoxy groups -OCH3 is 4. The van der Waals surface area contributed by atoms with Crippen LogP contribution in [0.5, 0.6) is 17.2 Å². The van der Waals surface area contributed by atoms with E-state index in [1.165, 1.54) is 0 Å². The fourth-order valence-electron chi connectivity index (χ4n) is 5.31. The molecule has 2 aromatic rings. The molecule has 196 valence electrons. The fourth-order valence-corrected chi connectivity index (χ4v) is 5.31. The van der Waals surface area contributed by atoms with E-state index >= 15 is 0 Å². The second-order valence-corrected chi connectivity index (χ2v) is 9.11. The van der Waals surface area contributed by atoms with Crippen molar-refractivity contribution in [2.45, 2.75) is 31.6 Å². The van der Waals surface area contributed by atoms with E-state index < -0.39 is 17.8 Å². The smallest absolute Gasteiger partial charge is 0.315 e. The van der Waals surface area contributed by atoms with Crippen LogP contribution in [0.1, 0.15) is 42.7 Å². The highest BCUT2D eigenvalue weighted by Crippen LogP contribution is 2.48. The summed E-state index contributed by atoms with van der Waals surface area (Å²) in [6.07, 6.45) is 0.858. The number of ketones is 1. The van der Waals surface area contributed by atoms with Gasteiger partial charge < -0.3 is 23.7 Å². The van der Waals surface area contributed by atoms with Crippen molar-refractivity contribution in [3.8, 4) is 17.2 Å². The van der Waals surface area contributed by atoms with Crippen molar-refractivity contribution in [1.82, 2.24) is 0 Å². The molecule has 2 aromatic carbocycles. The Labute approximate surface area is 217 Å². The van der Waals surface area contributed by atoms with E-state index in [1.807, 2.05) is 43.3 Å². The zero-order chi connectivity index (χ0) is 26.5. The summed E-state index contributed by atoms with van der Waals surface area (Å²) < 4.78 is 27.1. The van der Waals surface area contributed by atoms with Crippen LogP contribution in [0.2, 0.25) is 0 Å². The van der Waals surface area contributed by atoms with Gasteiger partial charge in [0.05, 0.1) is 27.9 Å². The highest BCUT2D eigenvalue weighted by Gasteiger charge is 2.45. The lowest BCUT2D eigenvalue weighted by molar-refractivity contribution is -0.147. The van der Waals surface area contributed by atoms with E-state index in [0.29, 0.717) is 41.3 Å². The van der Waals surface area contributed by atoms with Gasteiger partial charge in [0.1, 0.15) is 18.3 Å². The molecule has 0 bridgehead atoms. The Morgan fingerprint density at radius 3 is 2.35 bits per heavy atom. The average Bonchev–Trinajstić information content (AvgIpc) is 2.91. The third kappa shape index (κ3) is 5.25. The molecule has 8 nitrogen and oxygen atoms in total. The average molecular weight is 508 g/mol. The maximum atomic E-state index is 13.8. The van der Waals surface area contributed by atoms with Gasteiger partial charge in [-0.3, -0.25) is 14.6 Å². The standard InChI is InChI=1S/C29H33NO7/c1-17-26(29(32)37-13-12-33-2)27(18-10-11-24(35-4)25(16-18)36-5)28-21(30-17)14-19(15-22(28)31)20-8-6-7-9-23(20)34-3/h6-11,16,19,26-27H,12-15H2,1-5H3/t19-,26?,27+/m1/s1. The number of Topliss-reactive ketones (excluding diaryl/α,β-unsaturated/α-hetero) is 1. The number of allylic oxidation sites excluding steroid dienone is 2. The molecular formula is C29H33NO7. The number of carbonyl (C=O) groups excluding carboxylic acids is 2. The first-order valence-corrected chi connectivity index (χ1v) is 12.2. The lowest BCUT2D eigenvalue weighted by Gasteiger charge is -2.36. The minimum atomic E-state index is -0.750. The van der Waals surface area contributed by atoms with E-state index in [9.17, 15) is 9.59 Å². The first-order chi connectivity index (χ1) is 17.9. The van der Waals surface area contributed by atoms with E-state index in [1.54, 1.807) is 34.5 Å². The summed E-state index contributed by atoms with van der Waals surface area (Å²) in [6, 6.07) is 13.2. The first kappa shape index (κ1) is 26.4. The molecule has 0 N–H and O–H groups in total. The Morgan fingerprint density at radius 1 is 0.919 bits per heavy atom. The lowest BCUT2D eigenvalue weighted by atomic mass is 9.69. The summed E-state index contributed by atoms with van der Waals surface area (Å²) in [5.41, 5.74) is 3.59. The van der Waals surface area contributed by atoms with Crippen molar-refractivity contribution in [3.05, 3.63) is 64.9 Å². The van der Waals surface area contributed by atoms with Crippen molar-refractivity contribution < 1.29 is 33.3 Å². The van der Waals surface area contributed by atoms with Crippen molar-refractivity contribution in [3.63, 3.8) is 0 Å². The summed E-state index contributed by atoms with van der Waals surface area (Å²) in [5, 5.41) is 0. The maximum absolute atomic E-state index is 13.8. The van der Waals surface area contributed by atoms with Gasteiger partial charge in [0.25, 0.3) is 0 Å². The van der Waals surface area contributed by atoms with E-state index in [0.717, 1.165) is 16.9 Å². The first-order valence-electron chi connectivity index (χ1n) is 12.2. The molecule has 37 heavy (non-hydrogen) atoms.